The van der Waals surface area contributed by atoms with Crippen LogP contribution in [-0.4, -0.2) is 51.1 Å². The van der Waals surface area contributed by atoms with E-state index in [1.165, 1.54) is 12.0 Å². The number of nitrogens with zero attached hydrogens (tertiary/aromatic N) is 3. The van der Waals surface area contributed by atoms with Crippen molar-refractivity contribution in [2.24, 2.45) is 7.05 Å². The average Bonchev–Trinajstić information content (AvgIpc) is 3.12. The maximum absolute atomic E-state index is 12.4. The molecule has 0 radical (unpaired) electrons. The lowest BCUT2D eigenvalue weighted by atomic mass is 9.97. The van der Waals surface area contributed by atoms with Gasteiger partial charge >= 0.3 is 17.8 Å². The molecular formula is C18H21N3O4. The number of aryl methyl sites for hydroxylation is 1. The SMILES string of the molecule is Cn1cccc1C(=O)CN1C(=O)C(=O)N(CCC2=CCCCC2)C1=O. The minimum atomic E-state index is -0.926. The van der Waals surface area contributed by atoms with Gasteiger partial charge in [0.1, 0.15) is 0 Å². The lowest BCUT2D eigenvalue weighted by Crippen LogP contribution is -2.37. The molecule has 2 heterocycles. The fourth-order valence-corrected chi connectivity index (χ4v) is 3.25. The van der Waals surface area contributed by atoms with Gasteiger partial charge in [0.2, 0.25) is 0 Å². The number of urea groups is 1. The Kier molecular flexibility index (Phi) is 4.83. The maximum Gasteiger partial charge on any atom is 0.334 e. The molecule has 1 aromatic rings. The Labute approximate surface area is 145 Å². The molecule has 7 nitrogen and oxygen atoms in total. The van der Waals surface area contributed by atoms with Crippen LogP contribution in [0.25, 0.3) is 0 Å². The normalized spacial score (nSPS) is 18.1. The van der Waals surface area contributed by atoms with Crippen LogP contribution in [0.1, 0.15) is 42.6 Å². The zero-order chi connectivity index (χ0) is 18.0. The number of ketones is 1. The molecule has 1 aliphatic heterocycles. The standard InChI is InChI=1S/C18H21N3O4/c1-19-10-5-8-14(19)15(22)12-21-17(24)16(23)20(18(21)25)11-9-13-6-3-2-4-7-13/h5-6,8,10H,2-4,7,9,11-12H2,1H3. The summed E-state index contributed by atoms with van der Waals surface area (Å²) in [4.78, 5) is 50.6. The predicted molar refractivity (Wildman–Crippen MR) is 89.7 cm³/mol. The van der Waals surface area contributed by atoms with Crippen molar-refractivity contribution < 1.29 is 19.2 Å². The van der Waals surface area contributed by atoms with Gasteiger partial charge in [0, 0.05) is 19.8 Å². The summed E-state index contributed by atoms with van der Waals surface area (Å²) >= 11 is 0. The first kappa shape index (κ1) is 17.1. The Hall–Kier alpha value is -2.70. The van der Waals surface area contributed by atoms with Gasteiger partial charge in [-0.3, -0.25) is 19.3 Å². The molecule has 0 N–H and O–H groups in total. The molecule has 25 heavy (non-hydrogen) atoms. The van der Waals surface area contributed by atoms with Crippen molar-refractivity contribution in [3.05, 3.63) is 35.7 Å². The lowest BCUT2D eigenvalue weighted by Gasteiger charge is -2.17. The summed E-state index contributed by atoms with van der Waals surface area (Å²) in [7, 11) is 1.70. The van der Waals surface area contributed by atoms with Crippen LogP contribution in [0.5, 0.6) is 0 Å². The van der Waals surface area contributed by atoms with Crippen molar-refractivity contribution in [2.75, 3.05) is 13.1 Å². The molecule has 1 saturated heterocycles. The number of hydrogen-bond acceptors (Lipinski definition) is 4. The number of allylic oxidation sites excluding steroid dienone is 1. The summed E-state index contributed by atoms with van der Waals surface area (Å²) < 4.78 is 1.61. The summed E-state index contributed by atoms with van der Waals surface area (Å²) in [6, 6.07) is 2.62. The first-order valence-corrected chi connectivity index (χ1v) is 8.49. The number of hydrogen-bond donors (Lipinski definition) is 0. The fourth-order valence-electron chi connectivity index (χ4n) is 3.25. The zero-order valence-electron chi connectivity index (χ0n) is 14.2. The number of carbonyl (C=O) groups is 4. The van der Waals surface area contributed by atoms with Crippen molar-refractivity contribution in [2.45, 2.75) is 32.1 Å². The number of carbonyl (C=O) groups excluding carboxylic acids is 4. The van der Waals surface area contributed by atoms with Crippen LogP contribution in [0.4, 0.5) is 4.79 Å². The molecule has 0 unspecified atom stereocenters. The van der Waals surface area contributed by atoms with E-state index in [2.05, 4.69) is 6.08 Å². The highest BCUT2D eigenvalue weighted by Crippen LogP contribution is 2.22. The lowest BCUT2D eigenvalue weighted by molar-refractivity contribution is -0.143. The molecule has 1 fully saturated rings. The van der Waals surface area contributed by atoms with Gasteiger partial charge in [-0.1, -0.05) is 11.6 Å². The molecule has 0 bridgehead atoms. The summed E-state index contributed by atoms with van der Waals surface area (Å²) in [6.45, 7) is -0.232. The Morgan fingerprint density at radius 1 is 1.12 bits per heavy atom. The number of imide groups is 2. The van der Waals surface area contributed by atoms with E-state index in [9.17, 15) is 19.2 Å². The minimum Gasteiger partial charge on any atom is -0.348 e. The third-order valence-corrected chi connectivity index (χ3v) is 4.71. The molecule has 0 spiro atoms. The third-order valence-electron chi connectivity index (χ3n) is 4.71. The van der Waals surface area contributed by atoms with E-state index in [0.717, 1.165) is 29.1 Å². The molecular weight excluding hydrogens is 322 g/mol. The van der Waals surface area contributed by atoms with Crippen LogP contribution in [0.3, 0.4) is 0 Å². The number of Topliss-reactive ketones (excluding diaryl/α,β-unsaturated/α-hetero) is 1. The van der Waals surface area contributed by atoms with Gasteiger partial charge in [-0.25, -0.2) is 9.69 Å². The number of amides is 4. The molecule has 1 aliphatic carbocycles. The Morgan fingerprint density at radius 3 is 2.52 bits per heavy atom. The quantitative estimate of drug-likeness (QED) is 0.342. The number of rotatable bonds is 6. The van der Waals surface area contributed by atoms with Gasteiger partial charge in [-0.2, -0.15) is 0 Å². The Morgan fingerprint density at radius 2 is 1.88 bits per heavy atom. The van der Waals surface area contributed by atoms with E-state index < -0.39 is 24.4 Å². The molecule has 132 valence electrons. The first-order valence-electron chi connectivity index (χ1n) is 8.49. The van der Waals surface area contributed by atoms with Crippen molar-refractivity contribution in [1.29, 1.82) is 0 Å². The van der Waals surface area contributed by atoms with Crippen LogP contribution in [-0.2, 0) is 16.6 Å². The summed E-state index contributed by atoms with van der Waals surface area (Å²) in [5, 5.41) is 0. The number of aromatic nitrogens is 1. The van der Waals surface area contributed by atoms with E-state index in [-0.39, 0.29) is 12.3 Å². The van der Waals surface area contributed by atoms with E-state index in [1.807, 2.05) is 0 Å². The van der Waals surface area contributed by atoms with Gasteiger partial charge < -0.3 is 4.57 Å². The zero-order valence-corrected chi connectivity index (χ0v) is 14.2. The summed E-state index contributed by atoms with van der Waals surface area (Å²) in [6.07, 6.45) is 8.71. The van der Waals surface area contributed by atoms with Crippen LogP contribution in [0, 0.1) is 0 Å². The Balaban J connectivity index is 1.66. The van der Waals surface area contributed by atoms with Gasteiger partial charge in [0.05, 0.1) is 12.2 Å². The first-order chi connectivity index (χ1) is 12.0. The van der Waals surface area contributed by atoms with Crippen molar-refractivity contribution in [1.82, 2.24) is 14.4 Å². The van der Waals surface area contributed by atoms with Crippen LogP contribution in [0.15, 0.2) is 30.0 Å². The second kappa shape index (κ2) is 7.04. The van der Waals surface area contributed by atoms with Crippen LogP contribution >= 0.6 is 0 Å². The van der Waals surface area contributed by atoms with E-state index in [1.54, 1.807) is 29.9 Å². The molecule has 7 heteroatoms. The van der Waals surface area contributed by atoms with E-state index in [4.69, 9.17) is 0 Å². The predicted octanol–water partition coefficient (Wildman–Crippen LogP) is 1.89. The second-order valence-electron chi connectivity index (χ2n) is 6.42. The van der Waals surface area contributed by atoms with Crippen LogP contribution < -0.4 is 0 Å². The third kappa shape index (κ3) is 3.40. The van der Waals surface area contributed by atoms with Gasteiger partial charge in [0.25, 0.3) is 0 Å². The highest BCUT2D eigenvalue weighted by Gasteiger charge is 2.45. The molecule has 0 atom stereocenters. The largest absolute Gasteiger partial charge is 0.348 e. The molecule has 0 saturated carbocycles. The van der Waals surface area contributed by atoms with Crippen molar-refractivity contribution in [3.8, 4) is 0 Å². The highest BCUT2D eigenvalue weighted by atomic mass is 16.2. The van der Waals surface area contributed by atoms with Crippen LogP contribution in [0.2, 0.25) is 0 Å². The van der Waals surface area contributed by atoms with E-state index in [0.29, 0.717) is 12.1 Å². The molecule has 3 rings (SSSR count). The summed E-state index contributed by atoms with van der Waals surface area (Å²) in [5.74, 6) is -2.15. The fraction of sp³-hybridized carbons (Fsp3) is 0.444. The topological polar surface area (TPSA) is 79.7 Å². The average molecular weight is 343 g/mol. The monoisotopic (exact) mass is 343 g/mol. The molecule has 4 amide bonds. The Bertz CT molecular complexity index is 762. The minimum absolute atomic E-state index is 0.185. The highest BCUT2D eigenvalue weighted by molar-refractivity contribution is 6.45. The van der Waals surface area contributed by atoms with E-state index >= 15 is 0 Å². The second-order valence-corrected chi connectivity index (χ2v) is 6.42. The summed E-state index contributed by atoms with van der Waals surface area (Å²) in [5.41, 5.74) is 1.61. The van der Waals surface area contributed by atoms with Gasteiger partial charge in [-0.05, 0) is 44.2 Å². The smallest absolute Gasteiger partial charge is 0.334 e. The van der Waals surface area contributed by atoms with Gasteiger partial charge in [-0.15, -0.1) is 0 Å². The van der Waals surface area contributed by atoms with Crippen molar-refractivity contribution in [3.63, 3.8) is 0 Å². The molecule has 1 aromatic heterocycles. The maximum atomic E-state index is 12.4. The molecule has 0 aromatic carbocycles. The van der Waals surface area contributed by atoms with Crippen molar-refractivity contribution >= 4 is 23.6 Å². The van der Waals surface area contributed by atoms with Gasteiger partial charge in [0.15, 0.2) is 5.78 Å². The molecule has 2 aliphatic rings.